The molecule has 5 nitrogen and oxygen atoms in total. The fourth-order valence-electron chi connectivity index (χ4n) is 1.99. The molecule has 0 bridgehead atoms. The Bertz CT molecular complexity index is 659. The molecule has 1 amide bonds. The van der Waals surface area contributed by atoms with Crippen molar-refractivity contribution in [2.75, 3.05) is 6.54 Å². The van der Waals surface area contributed by atoms with Crippen LogP contribution in [0.2, 0.25) is 0 Å². The third-order valence-electron chi connectivity index (χ3n) is 3.28. The lowest BCUT2D eigenvalue weighted by atomic mass is 10.3. The van der Waals surface area contributed by atoms with Gasteiger partial charge in [0.05, 0.1) is 12.2 Å². The fourth-order valence-corrected chi connectivity index (χ4v) is 2.63. The summed E-state index contributed by atoms with van der Waals surface area (Å²) in [5.41, 5.74) is 1.51. The monoisotopic (exact) mass is 289 g/mol. The molecule has 3 rings (SSSR count). The van der Waals surface area contributed by atoms with Gasteiger partial charge in [-0.05, 0) is 30.4 Å². The van der Waals surface area contributed by atoms with Crippen molar-refractivity contribution in [3.8, 4) is 0 Å². The predicted molar refractivity (Wildman–Crippen MR) is 77.1 cm³/mol. The second-order valence-corrected chi connectivity index (χ2v) is 5.64. The van der Waals surface area contributed by atoms with Gasteiger partial charge < -0.3 is 5.32 Å². The van der Waals surface area contributed by atoms with E-state index in [1.165, 1.54) is 16.0 Å². The van der Waals surface area contributed by atoms with Crippen LogP contribution in [0.5, 0.6) is 0 Å². The highest BCUT2D eigenvalue weighted by molar-refractivity contribution is 7.08. The van der Waals surface area contributed by atoms with E-state index < -0.39 is 0 Å². The summed E-state index contributed by atoms with van der Waals surface area (Å²) in [5.74, 6) is 0.403. The molecular weight excluding hydrogens is 274 g/mol. The van der Waals surface area contributed by atoms with Crippen molar-refractivity contribution >= 4 is 17.2 Å². The summed E-state index contributed by atoms with van der Waals surface area (Å²) in [5, 5.41) is 10.8. The number of hydrogen-bond acceptors (Lipinski definition) is 4. The number of nitrogens with zero attached hydrogens (tertiary/aromatic N) is 2. The van der Waals surface area contributed by atoms with Gasteiger partial charge in [-0.3, -0.25) is 9.59 Å². The molecule has 104 valence electrons. The van der Waals surface area contributed by atoms with Gasteiger partial charge in [0.1, 0.15) is 0 Å². The number of hydrogen-bond donors (Lipinski definition) is 1. The molecule has 1 aliphatic carbocycles. The molecule has 1 aliphatic rings. The first-order valence-electron chi connectivity index (χ1n) is 6.62. The van der Waals surface area contributed by atoms with Crippen molar-refractivity contribution in [3.05, 3.63) is 50.6 Å². The number of rotatable bonds is 5. The average Bonchev–Trinajstić information content (AvgIpc) is 3.15. The van der Waals surface area contributed by atoms with Gasteiger partial charge in [-0.2, -0.15) is 16.4 Å². The van der Waals surface area contributed by atoms with Crippen LogP contribution in [0.4, 0.5) is 0 Å². The van der Waals surface area contributed by atoms with E-state index in [4.69, 9.17) is 0 Å². The van der Waals surface area contributed by atoms with Gasteiger partial charge in [0.2, 0.25) is 0 Å². The number of amides is 1. The maximum absolute atomic E-state index is 11.8. The Balaban J connectivity index is 1.59. The van der Waals surface area contributed by atoms with Gasteiger partial charge in [0.25, 0.3) is 11.5 Å². The van der Waals surface area contributed by atoms with Crippen molar-refractivity contribution in [1.82, 2.24) is 15.1 Å². The first-order chi connectivity index (χ1) is 9.74. The maximum atomic E-state index is 11.8. The van der Waals surface area contributed by atoms with Crippen LogP contribution in [0.25, 0.3) is 0 Å². The zero-order valence-electron chi connectivity index (χ0n) is 10.9. The van der Waals surface area contributed by atoms with Crippen LogP contribution in [0, 0.1) is 0 Å². The van der Waals surface area contributed by atoms with Crippen LogP contribution in [0.15, 0.2) is 33.8 Å². The van der Waals surface area contributed by atoms with Gasteiger partial charge >= 0.3 is 0 Å². The molecule has 20 heavy (non-hydrogen) atoms. The minimum Gasteiger partial charge on any atom is -0.350 e. The Hall–Kier alpha value is -1.95. The number of carbonyl (C=O) groups excluding carboxylic acids is 1. The second-order valence-electron chi connectivity index (χ2n) is 4.86. The second kappa shape index (κ2) is 5.58. The predicted octanol–water partition coefficient (Wildman–Crippen LogP) is 1.61. The Morgan fingerprint density at radius 3 is 2.95 bits per heavy atom. The first-order valence-corrected chi connectivity index (χ1v) is 7.57. The van der Waals surface area contributed by atoms with Crippen LogP contribution in [-0.2, 0) is 6.54 Å². The smallest absolute Gasteiger partial charge is 0.266 e. The minimum absolute atomic E-state index is 0.113. The highest BCUT2D eigenvalue weighted by atomic mass is 32.1. The normalized spacial score (nSPS) is 14.2. The van der Waals surface area contributed by atoms with Gasteiger partial charge in [-0.1, -0.05) is 0 Å². The number of nitrogens with one attached hydrogen (secondary N) is 1. The quantitative estimate of drug-likeness (QED) is 0.909. The number of aromatic nitrogens is 2. The molecule has 0 aliphatic heterocycles. The standard InChI is InChI=1S/C14H15N3O2S/c18-13-4-3-12(10-1-2-10)16-17(13)7-6-15-14(19)11-5-8-20-9-11/h3-5,8-10H,1-2,6-7H2,(H,15,19). The summed E-state index contributed by atoms with van der Waals surface area (Å²) in [7, 11) is 0. The molecule has 6 heteroatoms. The van der Waals surface area contributed by atoms with Crippen LogP contribution >= 0.6 is 11.3 Å². The molecule has 0 unspecified atom stereocenters. The largest absolute Gasteiger partial charge is 0.350 e. The zero-order valence-corrected chi connectivity index (χ0v) is 11.7. The fraction of sp³-hybridized carbons (Fsp3) is 0.357. The van der Waals surface area contributed by atoms with Gasteiger partial charge in [-0.25, -0.2) is 4.68 Å². The summed E-state index contributed by atoms with van der Waals surface area (Å²) in [4.78, 5) is 23.5. The topological polar surface area (TPSA) is 64.0 Å². The van der Waals surface area contributed by atoms with E-state index in [2.05, 4.69) is 10.4 Å². The molecule has 1 fully saturated rings. The molecular formula is C14H15N3O2S. The third kappa shape index (κ3) is 2.96. The molecule has 0 atom stereocenters. The van der Waals surface area contributed by atoms with Crippen molar-refractivity contribution in [2.45, 2.75) is 25.3 Å². The molecule has 2 heterocycles. The Labute approximate surface area is 120 Å². The Kier molecular flexibility index (Phi) is 3.64. The van der Waals surface area contributed by atoms with E-state index in [1.807, 2.05) is 5.38 Å². The van der Waals surface area contributed by atoms with E-state index in [0.717, 1.165) is 18.5 Å². The van der Waals surface area contributed by atoms with Crippen molar-refractivity contribution in [2.24, 2.45) is 0 Å². The summed E-state index contributed by atoms with van der Waals surface area (Å²) in [6.07, 6.45) is 2.31. The van der Waals surface area contributed by atoms with Gasteiger partial charge in [0.15, 0.2) is 0 Å². The van der Waals surface area contributed by atoms with Gasteiger partial charge in [-0.15, -0.1) is 0 Å². The molecule has 0 saturated heterocycles. The maximum Gasteiger partial charge on any atom is 0.266 e. The summed E-state index contributed by atoms with van der Waals surface area (Å²) in [6.45, 7) is 0.797. The SMILES string of the molecule is O=C(NCCn1nc(C2CC2)ccc1=O)c1ccsc1. The van der Waals surface area contributed by atoms with E-state index in [9.17, 15) is 9.59 Å². The van der Waals surface area contributed by atoms with Crippen molar-refractivity contribution < 1.29 is 4.79 Å². The van der Waals surface area contributed by atoms with Crippen LogP contribution < -0.4 is 10.9 Å². The van der Waals surface area contributed by atoms with Crippen LogP contribution in [0.3, 0.4) is 0 Å². The lowest BCUT2D eigenvalue weighted by molar-refractivity contribution is 0.0952. The summed E-state index contributed by atoms with van der Waals surface area (Å²) < 4.78 is 1.43. The first kappa shape index (κ1) is 13.1. The van der Waals surface area contributed by atoms with E-state index in [0.29, 0.717) is 24.6 Å². The lowest BCUT2D eigenvalue weighted by Gasteiger charge is -2.07. The zero-order chi connectivity index (χ0) is 13.9. The molecule has 1 saturated carbocycles. The highest BCUT2D eigenvalue weighted by Gasteiger charge is 2.25. The van der Waals surface area contributed by atoms with Crippen LogP contribution in [0.1, 0.15) is 34.8 Å². The van der Waals surface area contributed by atoms with Crippen LogP contribution in [-0.4, -0.2) is 22.2 Å². The molecule has 0 radical (unpaired) electrons. The minimum atomic E-state index is -0.126. The summed E-state index contributed by atoms with van der Waals surface area (Å²) in [6, 6.07) is 5.14. The van der Waals surface area contributed by atoms with Gasteiger partial charge in [0, 0.05) is 29.5 Å². The average molecular weight is 289 g/mol. The van der Waals surface area contributed by atoms with Crippen molar-refractivity contribution in [3.63, 3.8) is 0 Å². The van der Waals surface area contributed by atoms with E-state index in [1.54, 1.807) is 23.6 Å². The molecule has 2 aromatic rings. The number of carbonyl (C=O) groups is 1. The van der Waals surface area contributed by atoms with E-state index >= 15 is 0 Å². The third-order valence-corrected chi connectivity index (χ3v) is 3.96. The molecule has 0 spiro atoms. The Morgan fingerprint density at radius 2 is 2.25 bits per heavy atom. The summed E-state index contributed by atoms with van der Waals surface area (Å²) >= 11 is 1.48. The lowest BCUT2D eigenvalue weighted by Crippen LogP contribution is -2.32. The van der Waals surface area contributed by atoms with Crippen molar-refractivity contribution in [1.29, 1.82) is 0 Å². The highest BCUT2D eigenvalue weighted by Crippen LogP contribution is 2.38. The molecule has 0 aromatic carbocycles. The Morgan fingerprint density at radius 1 is 1.40 bits per heavy atom. The van der Waals surface area contributed by atoms with E-state index in [-0.39, 0.29) is 11.5 Å². The molecule has 2 aromatic heterocycles. The number of thiophene rings is 1. The molecule has 1 N–H and O–H groups in total.